The second-order valence-electron chi connectivity index (χ2n) is 7.60. The van der Waals surface area contributed by atoms with Crippen molar-refractivity contribution >= 4 is 17.5 Å². The zero-order chi connectivity index (χ0) is 24.9. The third kappa shape index (κ3) is 5.87. The van der Waals surface area contributed by atoms with Gasteiger partial charge in [-0.15, -0.1) is 0 Å². The highest BCUT2D eigenvalue weighted by atomic mass is 19.3. The second-order valence-corrected chi connectivity index (χ2v) is 7.60. The van der Waals surface area contributed by atoms with Gasteiger partial charge in [-0.25, -0.2) is 0 Å². The molecule has 3 rings (SSSR count). The molecular weight excluding hydrogens is 448 g/mol. The maximum atomic E-state index is 13.2. The Kier molecular flexibility index (Phi) is 7.47. The number of nitrogens with two attached hydrogens (primary N) is 2. The molecule has 0 bridgehead atoms. The van der Waals surface area contributed by atoms with Crippen LogP contribution in [0, 0.1) is 5.41 Å². The lowest BCUT2D eigenvalue weighted by Crippen LogP contribution is -2.37. The van der Waals surface area contributed by atoms with E-state index >= 15 is 0 Å². The van der Waals surface area contributed by atoms with Crippen LogP contribution in [0.1, 0.15) is 27.9 Å². The van der Waals surface area contributed by atoms with Gasteiger partial charge in [0.25, 0.3) is 11.8 Å². The minimum atomic E-state index is -3.28. The number of amides is 2. The van der Waals surface area contributed by atoms with Gasteiger partial charge in [0.05, 0.1) is 37.5 Å². The molecule has 2 aromatic carbocycles. The Morgan fingerprint density at radius 2 is 1.85 bits per heavy atom. The predicted molar refractivity (Wildman–Crippen MR) is 120 cm³/mol. The van der Waals surface area contributed by atoms with E-state index in [2.05, 4.69) is 15.4 Å². The molecule has 2 amide bonds. The lowest BCUT2D eigenvalue weighted by molar-refractivity contribution is -0.205. The summed E-state index contributed by atoms with van der Waals surface area (Å²) in [6, 6.07) is 12.5. The molecule has 7 N–H and O–H groups in total. The highest BCUT2D eigenvalue weighted by Crippen LogP contribution is 2.29. The number of nitrogens with one attached hydrogen (secondary N) is 3. The zero-order valence-electron chi connectivity index (χ0n) is 18.4. The van der Waals surface area contributed by atoms with E-state index in [1.54, 1.807) is 48.5 Å². The third-order valence-electron chi connectivity index (χ3n) is 5.15. The first-order valence-electron chi connectivity index (χ1n) is 10.3. The molecule has 0 spiro atoms. The van der Waals surface area contributed by atoms with Crippen LogP contribution in [0.4, 0.5) is 8.78 Å². The molecule has 180 valence electrons. The van der Waals surface area contributed by atoms with E-state index in [0.717, 1.165) is 5.56 Å². The van der Waals surface area contributed by atoms with Gasteiger partial charge in [-0.2, -0.15) is 8.78 Å². The first-order valence-corrected chi connectivity index (χ1v) is 10.3. The molecule has 0 aliphatic carbocycles. The molecule has 34 heavy (non-hydrogen) atoms. The summed E-state index contributed by atoms with van der Waals surface area (Å²) in [6.07, 6.45) is -3.91. The van der Waals surface area contributed by atoms with Crippen molar-refractivity contribution in [3.8, 4) is 5.75 Å². The molecule has 1 fully saturated rings. The van der Waals surface area contributed by atoms with Crippen molar-refractivity contribution in [1.82, 2.24) is 10.6 Å². The molecule has 1 saturated heterocycles. The van der Waals surface area contributed by atoms with Crippen LogP contribution >= 0.6 is 0 Å². The fourth-order valence-electron chi connectivity index (χ4n) is 3.45. The smallest absolute Gasteiger partial charge is 0.357 e. The number of rotatable bonds is 9. The lowest BCUT2D eigenvalue weighted by atomic mass is 10.00. The first kappa shape index (κ1) is 24.6. The van der Waals surface area contributed by atoms with Gasteiger partial charge >= 0.3 is 6.11 Å². The van der Waals surface area contributed by atoms with Gasteiger partial charge in [-0.1, -0.05) is 36.4 Å². The van der Waals surface area contributed by atoms with Crippen LogP contribution in [-0.2, 0) is 16.1 Å². The SMILES string of the molecule is COc1ccccc1C(=O)NCc1ccc(C(=N)/C(C(N)=O)=C(/N)NC2COC(F)(F)C2)cc1. The summed E-state index contributed by atoms with van der Waals surface area (Å²) in [5.41, 5.74) is 12.1. The topological polar surface area (TPSA) is 153 Å². The molecule has 2 aromatic rings. The Morgan fingerprint density at radius 3 is 2.44 bits per heavy atom. The predicted octanol–water partition coefficient (Wildman–Crippen LogP) is 1.62. The first-order chi connectivity index (χ1) is 16.1. The van der Waals surface area contributed by atoms with Gasteiger partial charge in [0.1, 0.15) is 17.1 Å². The van der Waals surface area contributed by atoms with E-state index in [0.29, 0.717) is 16.9 Å². The van der Waals surface area contributed by atoms with Crippen molar-refractivity contribution in [3.05, 3.63) is 76.6 Å². The Labute approximate surface area is 194 Å². The van der Waals surface area contributed by atoms with E-state index in [9.17, 15) is 18.4 Å². The number of ether oxygens (including phenoxy) is 2. The van der Waals surface area contributed by atoms with Crippen LogP contribution in [0.15, 0.2) is 59.9 Å². The molecule has 0 radical (unpaired) electrons. The van der Waals surface area contributed by atoms with Crippen molar-refractivity contribution in [2.45, 2.75) is 25.1 Å². The van der Waals surface area contributed by atoms with Crippen molar-refractivity contribution in [1.29, 1.82) is 5.41 Å². The van der Waals surface area contributed by atoms with Gasteiger partial charge in [0, 0.05) is 12.1 Å². The average molecular weight is 473 g/mol. The number of primary amides is 1. The Hall–Kier alpha value is -3.99. The molecule has 0 saturated carbocycles. The number of alkyl halides is 2. The number of hydrogen-bond acceptors (Lipinski definition) is 7. The normalized spacial score (nSPS) is 17.4. The number of benzene rings is 2. The van der Waals surface area contributed by atoms with Crippen LogP contribution in [0.25, 0.3) is 0 Å². The lowest BCUT2D eigenvalue weighted by Gasteiger charge is -2.16. The quantitative estimate of drug-likeness (QED) is 0.276. The van der Waals surface area contributed by atoms with Crippen LogP contribution in [0.3, 0.4) is 0 Å². The van der Waals surface area contributed by atoms with Gasteiger partial charge in [0.15, 0.2) is 0 Å². The van der Waals surface area contributed by atoms with Crippen molar-refractivity contribution in [2.24, 2.45) is 11.5 Å². The Balaban J connectivity index is 1.68. The Morgan fingerprint density at radius 1 is 1.18 bits per heavy atom. The van der Waals surface area contributed by atoms with Gasteiger partial charge < -0.3 is 31.6 Å². The summed E-state index contributed by atoms with van der Waals surface area (Å²) in [5.74, 6) is -1.12. The fraction of sp³-hybridized carbons (Fsp3) is 0.261. The van der Waals surface area contributed by atoms with Crippen LogP contribution in [0.2, 0.25) is 0 Å². The number of carbonyl (C=O) groups excluding carboxylic acids is 2. The molecule has 0 aromatic heterocycles. The molecule has 1 aliphatic rings. The summed E-state index contributed by atoms with van der Waals surface area (Å²) in [7, 11) is 1.48. The molecule has 1 unspecified atom stereocenters. The minimum absolute atomic E-state index is 0.211. The number of hydrogen-bond donors (Lipinski definition) is 5. The third-order valence-corrected chi connectivity index (χ3v) is 5.15. The van der Waals surface area contributed by atoms with E-state index < -0.39 is 24.5 Å². The summed E-state index contributed by atoms with van der Waals surface area (Å²) >= 11 is 0. The molecule has 9 nitrogen and oxygen atoms in total. The zero-order valence-corrected chi connectivity index (χ0v) is 18.4. The number of halogens is 2. The molecule has 1 aliphatic heterocycles. The van der Waals surface area contributed by atoms with Gasteiger partial charge in [0.2, 0.25) is 0 Å². The number of carbonyl (C=O) groups is 2. The summed E-state index contributed by atoms with van der Waals surface area (Å²) in [5, 5.41) is 13.7. The molecule has 1 atom stereocenters. The van der Waals surface area contributed by atoms with E-state index in [4.69, 9.17) is 21.6 Å². The monoisotopic (exact) mass is 473 g/mol. The largest absolute Gasteiger partial charge is 0.496 e. The summed E-state index contributed by atoms with van der Waals surface area (Å²) in [6.45, 7) is -0.0923. The van der Waals surface area contributed by atoms with E-state index in [1.807, 2.05) is 0 Å². The van der Waals surface area contributed by atoms with Gasteiger partial charge in [-0.05, 0) is 17.7 Å². The number of methoxy groups -OCH3 is 1. The van der Waals surface area contributed by atoms with Crippen molar-refractivity contribution in [2.75, 3.05) is 13.7 Å². The molecule has 11 heteroatoms. The van der Waals surface area contributed by atoms with Crippen molar-refractivity contribution in [3.63, 3.8) is 0 Å². The van der Waals surface area contributed by atoms with Crippen LogP contribution in [0.5, 0.6) is 5.75 Å². The van der Waals surface area contributed by atoms with Crippen LogP contribution < -0.4 is 26.8 Å². The van der Waals surface area contributed by atoms with Crippen molar-refractivity contribution < 1.29 is 27.8 Å². The highest BCUT2D eigenvalue weighted by molar-refractivity contribution is 6.26. The van der Waals surface area contributed by atoms with Crippen LogP contribution in [-0.4, -0.2) is 43.4 Å². The maximum absolute atomic E-state index is 13.2. The second kappa shape index (κ2) is 10.3. The maximum Gasteiger partial charge on any atom is 0.357 e. The summed E-state index contributed by atoms with van der Waals surface area (Å²) in [4.78, 5) is 24.4. The average Bonchev–Trinajstić information content (AvgIpc) is 3.15. The highest BCUT2D eigenvalue weighted by Gasteiger charge is 2.41. The Bertz CT molecular complexity index is 1120. The molecular formula is C23H25F2N5O4. The standard InChI is InChI=1S/C23H25F2N5O4/c1-33-17-5-3-2-4-16(17)22(32)29-11-13-6-8-14(9-7-13)19(26)18(21(28)31)20(27)30-15-10-23(24,25)34-12-15/h2-9,15,26,30H,10-12,27H2,1H3,(H2,28,31)(H,29,32)/b20-18+,26-19?. The number of para-hydroxylation sites is 1. The minimum Gasteiger partial charge on any atom is -0.496 e. The van der Waals surface area contributed by atoms with E-state index in [-0.39, 0.29) is 36.2 Å². The fourth-order valence-corrected chi connectivity index (χ4v) is 3.45. The van der Waals surface area contributed by atoms with Gasteiger partial charge in [-0.3, -0.25) is 15.0 Å². The summed E-state index contributed by atoms with van der Waals surface area (Å²) < 4.78 is 36.0. The van der Waals surface area contributed by atoms with E-state index in [1.165, 1.54) is 7.11 Å². The molecule has 1 heterocycles.